The van der Waals surface area contributed by atoms with Crippen LogP contribution in [0.1, 0.15) is 5.56 Å². The zero-order valence-corrected chi connectivity index (χ0v) is 15.1. The van der Waals surface area contributed by atoms with Crippen LogP contribution in [-0.2, 0) is 11.3 Å². The van der Waals surface area contributed by atoms with E-state index in [-0.39, 0.29) is 24.0 Å². The second-order valence-electron chi connectivity index (χ2n) is 4.34. The molecule has 0 atom stereocenters. The molecule has 0 saturated heterocycles. The summed E-state index contributed by atoms with van der Waals surface area (Å²) in [6.45, 7) is 3.66. The van der Waals surface area contributed by atoms with E-state index in [0.29, 0.717) is 23.3 Å². The topological polar surface area (TPSA) is 36.9 Å². The summed E-state index contributed by atoms with van der Waals surface area (Å²) in [4.78, 5) is 6.43. The summed E-state index contributed by atoms with van der Waals surface area (Å²) in [5.74, 6) is 0.938. The van der Waals surface area contributed by atoms with Crippen molar-refractivity contribution < 1.29 is 4.74 Å². The molecule has 0 spiro atoms. The van der Waals surface area contributed by atoms with Crippen molar-refractivity contribution in [2.24, 2.45) is 4.99 Å². The molecule has 1 aliphatic rings. The first kappa shape index (κ1) is 17.8. The highest BCUT2D eigenvalue weighted by Gasteiger charge is 2.10. The van der Waals surface area contributed by atoms with Crippen LogP contribution in [0.2, 0.25) is 10.0 Å². The third-order valence-corrected chi connectivity index (χ3v) is 3.45. The Bertz CT molecular complexity index is 471. The fourth-order valence-corrected chi connectivity index (χ4v) is 2.24. The molecular formula is C13H18Cl2IN3O. The fraction of sp³-hybridized carbons (Fsp3) is 0.462. The molecule has 1 aromatic rings. The van der Waals surface area contributed by atoms with Gasteiger partial charge in [0.2, 0.25) is 0 Å². The van der Waals surface area contributed by atoms with E-state index in [4.69, 9.17) is 27.9 Å². The van der Waals surface area contributed by atoms with Crippen molar-refractivity contribution in [1.82, 2.24) is 10.2 Å². The molecule has 1 aromatic carbocycles. The van der Waals surface area contributed by atoms with Gasteiger partial charge in [0.1, 0.15) is 0 Å². The molecule has 112 valence electrons. The third kappa shape index (κ3) is 5.27. The second-order valence-corrected chi connectivity index (χ2v) is 5.19. The molecule has 0 saturated carbocycles. The molecule has 4 nitrogen and oxygen atoms in total. The molecular weight excluding hydrogens is 412 g/mol. The lowest BCUT2D eigenvalue weighted by Crippen LogP contribution is -2.37. The van der Waals surface area contributed by atoms with Crippen LogP contribution in [0.15, 0.2) is 23.2 Å². The van der Waals surface area contributed by atoms with Gasteiger partial charge in [-0.25, -0.2) is 0 Å². The van der Waals surface area contributed by atoms with E-state index in [1.807, 2.05) is 19.2 Å². The maximum Gasteiger partial charge on any atom is 0.193 e. The lowest BCUT2D eigenvalue weighted by atomic mass is 10.2. The van der Waals surface area contributed by atoms with Gasteiger partial charge < -0.3 is 15.0 Å². The van der Waals surface area contributed by atoms with E-state index in [2.05, 4.69) is 15.2 Å². The quantitative estimate of drug-likeness (QED) is 0.577. The van der Waals surface area contributed by atoms with Crippen LogP contribution in [0, 0.1) is 0 Å². The molecule has 0 radical (unpaired) electrons. The molecule has 0 unspecified atom stereocenters. The van der Waals surface area contributed by atoms with Crippen molar-refractivity contribution in [3.05, 3.63) is 33.8 Å². The number of aliphatic imine (C=N–C) groups is 1. The number of nitrogens with zero attached hydrogens (tertiary/aromatic N) is 2. The Labute approximate surface area is 146 Å². The van der Waals surface area contributed by atoms with Gasteiger partial charge in [-0.1, -0.05) is 29.3 Å². The Morgan fingerprint density at radius 1 is 1.40 bits per heavy atom. The van der Waals surface area contributed by atoms with Crippen molar-refractivity contribution in [3.8, 4) is 0 Å². The molecule has 1 heterocycles. The molecule has 7 heteroatoms. The maximum atomic E-state index is 6.06. The first-order chi connectivity index (χ1) is 9.16. The van der Waals surface area contributed by atoms with Crippen molar-refractivity contribution in [3.63, 3.8) is 0 Å². The van der Waals surface area contributed by atoms with Crippen LogP contribution in [-0.4, -0.2) is 44.1 Å². The van der Waals surface area contributed by atoms with Gasteiger partial charge in [-0.3, -0.25) is 4.99 Å². The molecule has 1 N–H and O–H groups in total. The van der Waals surface area contributed by atoms with E-state index in [1.165, 1.54) is 0 Å². The van der Waals surface area contributed by atoms with Crippen molar-refractivity contribution >= 4 is 53.1 Å². The number of likely N-dealkylation sites (N-methyl/N-ethyl adjacent to an activating group) is 1. The number of guanidine groups is 1. The largest absolute Gasteiger partial charge is 0.375 e. The summed E-state index contributed by atoms with van der Waals surface area (Å²) < 4.78 is 5.57. The monoisotopic (exact) mass is 429 g/mol. The molecule has 0 aromatic heterocycles. The van der Waals surface area contributed by atoms with E-state index >= 15 is 0 Å². The van der Waals surface area contributed by atoms with Gasteiger partial charge in [-0.05, 0) is 17.7 Å². The van der Waals surface area contributed by atoms with E-state index in [1.54, 1.807) is 6.07 Å². The van der Waals surface area contributed by atoms with Gasteiger partial charge in [-0.15, -0.1) is 24.0 Å². The molecule has 2 rings (SSSR count). The first-order valence-corrected chi connectivity index (χ1v) is 6.93. The van der Waals surface area contributed by atoms with Crippen molar-refractivity contribution in [2.45, 2.75) is 6.61 Å². The van der Waals surface area contributed by atoms with Gasteiger partial charge in [0.15, 0.2) is 5.96 Å². The minimum Gasteiger partial charge on any atom is -0.375 e. The normalized spacial score (nSPS) is 13.9. The van der Waals surface area contributed by atoms with Gasteiger partial charge >= 0.3 is 0 Å². The number of rotatable bonds is 5. The van der Waals surface area contributed by atoms with Crippen LogP contribution in [0.3, 0.4) is 0 Å². The summed E-state index contributed by atoms with van der Waals surface area (Å²) >= 11 is 11.9. The van der Waals surface area contributed by atoms with Gasteiger partial charge in [0, 0.05) is 30.2 Å². The van der Waals surface area contributed by atoms with Gasteiger partial charge in [0.25, 0.3) is 0 Å². The van der Waals surface area contributed by atoms with Crippen LogP contribution < -0.4 is 5.32 Å². The van der Waals surface area contributed by atoms with Gasteiger partial charge in [0.05, 0.1) is 19.8 Å². The SMILES string of the molecule is CN1CCN=C1NCCOCc1ccc(Cl)cc1Cl.I. The van der Waals surface area contributed by atoms with Crippen LogP contribution in [0.4, 0.5) is 0 Å². The standard InChI is InChI=1S/C13H17Cl2N3O.HI/c1-18-6-4-16-13(18)17-5-7-19-9-10-2-3-11(14)8-12(10)15;/h2-3,8H,4-7,9H2,1H3,(H,16,17);1H. The predicted octanol–water partition coefficient (Wildman–Crippen LogP) is 3.02. The number of hydrogen-bond acceptors (Lipinski definition) is 4. The smallest absolute Gasteiger partial charge is 0.193 e. The van der Waals surface area contributed by atoms with Crippen molar-refractivity contribution in [1.29, 1.82) is 0 Å². The Morgan fingerprint density at radius 3 is 2.85 bits per heavy atom. The zero-order chi connectivity index (χ0) is 13.7. The summed E-state index contributed by atoms with van der Waals surface area (Å²) in [5, 5.41) is 4.51. The van der Waals surface area contributed by atoms with Crippen LogP contribution in [0.25, 0.3) is 0 Å². The third-order valence-electron chi connectivity index (χ3n) is 2.86. The summed E-state index contributed by atoms with van der Waals surface area (Å²) in [7, 11) is 2.02. The Hall–Kier alpha value is -0.240. The number of benzene rings is 1. The highest BCUT2D eigenvalue weighted by Crippen LogP contribution is 2.21. The summed E-state index contributed by atoms with van der Waals surface area (Å²) in [6, 6.07) is 5.42. The number of hydrogen-bond donors (Lipinski definition) is 1. The first-order valence-electron chi connectivity index (χ1n) is 6.18. The lowest BCUT2D eigenvalue weighted by molar-refractivity contribution is 0.125. The molecule has 0 fully saturated rings. The van der Waals surface area contributed by atoms with Gasteiger partial charge in [-0.2, -0.15) is 0 Å². The average molecular weight is 430 g/mol. The Kier molecular flexibility index (Phi) is 7.94. The average Bonchev–Trinajstić information content (AvgIpc) is 2.77. The molecule has 0 amide bonds. The highest BCUT2D eigenvalue weighted by molar-refractivity contribution is 14.0. The zero-order valence-electron chi connectivity index (χ0n) is 11.2. The minimum absolute atomic E-state index is 0. The molecule has 0 aliphatic carbocycles. The summed E-state index contributed by atoms with van der Waals surface area (Å²) in [5.41, 5.74) is 0.946. The van der Waals surface area contributed by atoms with Crippen LogP contribution >= 0.6 is 47.2 Å². The van der Waals surface area contributed by atoms with E-state index in [9.17, 15) is 0 Å². The highest BCUT2D eigenvalue weighted by atomic mass is 127. The van der Waals surface area contributed by atoms with Crippen LogP contribution in [0.5, 0.6) is 0 Å². The lowest BCUT2D eigenvalue weighted by Gasteiger charge is -2.15. The predicted molar refractivity (Wildman–Crippen MR) is 94.5 cm³/mol. The second kappa shape index (κ2) is 8.92. The minimum atomic E-state index is 0. The molecule has 20 heavy (non-hydrogen) atoms. The van der Waals surface area contributed by atoms with Crippen molar-refractivity contribution in [2.75, 3.05) is 33.3 Å². The molecule has 1 aliphatic heterocycles. The van der Waals surface area contributed by atoms with E-state index in [0.717, 1.165) is 31.2 Å². The number of ether oxygens (including phenoxy) is 1. The Morgan fingerprint density at radius 2 is 2.20 bits per heavy atom. The maximum absolute atomic E-state index is 6.06. The number of nitrogens with one attached hydrogen (secondary N) is 1. The molecule has 0 bridgehead atoms. The van der Waals surface area contributed by atoms with E-state index < -0.39 is 0 Å². The Balaban J connectivity index is 0.00000200. The fourth-order valence-electron chi connectivity index (χ4n) is 1.78. The summed E-state index contributed by atoms with van der Waals surface area (Å²) in [6.07, 6.45) is 0. The number of halogens is 3.